The lowest BCUT2D eigenvalue weighted by molar-refractivity contribution is 0.0746. The third kappa shape index (κ3) is 3.75. The third-order valence-corrected chi connectivity index (χ3v) is 4.69. The van der Waals surface area contributed by atoms with Crippen molar-refractivity contribution in [3.05, 3.63) is 60.6 Å². The maximum atomic E-state index is 13.0. The number of nitrogens with zero attached hydrogens (tertiary/aromatic N) is 6. The minimum absolute atomic E-state index is 0.0158. The van der Waals surface area contributed by atoms with Gasteiger partial charge in [0.1, 0.15) is 5.82 Å². The number of methoxy groups -OCH3 is 1. The van der Waals surface area contributed by atoms with Gasteiger partial charge < -0.3 is 14.5 Å². The summed E-state index contributed by atoms with van der Waals surface area (Å²) in [5, 5.41) is 8.15. The monoisotopic (exact) mass is 376 g/mol. The van der Waals surface area contributed by atoms with Crippen LogP contribution in [0.15, 0.2) is 55.0 Å². The number of piperazine rings is 1. The minimum atomic E-state index is 0.0158. The quantitative estimate of drug-likeness (QED) is 0.688. The normalized spacial score (nSPS) is 14.0. The molecule has 0 saturated carbocycles. The van der Waals surface area contributed by atoms with Gasteiger partial charge in [0.25, 0.3) is 5.91 Å². The van der Waals surface area contributed by atoms with Crippen LogP contribution in [0.1, 0.15) is 10.4 Å². The zero-order valence-electron chi connectivity index (χ0n) is 15.5. The summed E-state index contributed by atoms with van der Waals surface area (Å²) >= 11 is 0. The molecule has 1 amide bonds. The number of rotatable bonds is 4. The number of hydrogen-bond donors (Lipinski definition) is 0. The Bertz CT molecular complexity index is 940. The van der Waals surface area contributed by atoms with Crippen molar-refractivity contribution in [2.75, 3.05) is 38.2 Å². The van der Waals surface area contributed by atoms with Gasteiger partial charge in [-0.3, -0.25) is 9.78 Å². The first-order valence-corrected chi connectivity index (χ1v) is 9.03. The fourth-order valence-electron chi connectivity index (χ4n) is 3.17. The Kier molecular flexibility index (Phi) is 5.09. The summed E-state index contributed by atoms with van der Waals surface area (Å²) in [6.45, 7) is 2.74. The average molecular weight is 376 g/mol. The molecule has 0 N–H and O–H groups in total. The summed E-state index contributed by atoms with van der Waals surface area (Å²) in [6, 6.07) is 11.0. The molecule has 3 aromatic rings. The number of carbonyl (C=O) groups is 1. The Morgan fingerprint density at radius 1 is 1.04 bits per heavy atom. The van der Waals surface area contributed by atoms with Crippen molar-refractivity contribution in [3.63, 3.8) is 0 Å². The van der Waals surface area contributed by atoms with E-state index in [2.05, 4.69) is 25.1 Å². The van der Waals surface area contributed by atoms with Crippen molar-refractivity contribution in [2.24, 2.45) is 0 Å². The van der Waals surface area contributed by atoms with Crippen molar-refractivity contribution in [1.82, 2.24) is 25.1 Å². The standard InChI is InChI=1S/C20H20N6O2/c1-28-19-6-5-17(23-24-19)15-3-2-4-16(13-15)20(27)26-11-9-25(10-12-26)18-14-21-7-8-22-18/h2-8,13-14H,9-12H2,1H3. The second kappa shape index (κ2) is 7.99. The van der Waals surface area contributed by atoms with E-state index in [-0.39, 0.29) is 5.91 Å². The van der Waals surface area contributed by atoms with Crippen LogP contribution in [-0.4, -0.2) is 64.3 Å². The van der Waals surface area contributed by atoms with E-state index in [1.54, 1.807) is 31.8 Å². The van der Waals surface area contributed by atoms with E-state index in [0.29, 0.717) is 30.2 Å². The van der Waals surface area contributed by atoms with Crippen LogP contribution in [0.5, 0.6) is 5.88 Å². The predicted octanol–water partition coefficient (Wildman–Crippen LogP) is 1.90. The van der Waals surface area contributed by atoms with Crippen LogP contribution in [0.3, 0.4) is 0 Å². The molecule has 4 rings (SSSR count). The number of amides is 1. The molecule has 8 heteroatoms. The molecular formula is C20H20N6O2. The van der Waals surface area contributed by atoms with Gasteiger partial charge in [0.2, 0.25) is 5.88 Å². The van der Waals surface area contributed by atoms with E-state index in [4.69, 9.17) is 4.74 Å². The van der Waals surface area contributed by atoms with Gasteiger partial charge in [-0.1, -0.05) is 12.1 Å². The smallest absolute Gasteiger partial charge is 0.253 e. The van der Waals surface area contributed by atoms with Crippen molar-refractivity contribution in [2.45, 2.75) is 0 Å². The molecule has 0 spiro atoms. The molecule has 0 atom stereocenters. The Labute approximate surface area is 162 Å². The first-order valence-electron chi connectivity index (χ1n) is 9.03. The fraction of sp³-hybridized carbons (Fsp3) is 0.250. The molecule has 3 heterocycles. The molecule has 0 unspecified atom stereocenters. The van der Waals surface area contributed by atoms with Crippen LogP contribution < -0.4 is 9.64 Å². The van der Waals surface area contributed by atoms with Gasteiger partial charge in [-0.05, 0) is 18.2 Å². The molecule has 1 saturated heterocycles. The highest BCUT2D eigenvalue weighted by molar-refractivity contribution is 5.95. The van der Waals surface area contributed by atoms with Gasteiger partial charge in [-0.2, -0.15) is 0 Å². The summed E-state index contributed by atoms with van der Waals surface area (Å²) in [5.74, 6) is 1.31. The summed E-state index contributed by atoms with van der Waals surface area (Å²) in [4.78, 5) is 25.4. The zero-order valence-corrected chi connectivity index (χ0v) is 15.5. The molecule has 142 valence electrons. The first kappa shape index (κ1) is 17.8. The van der Waals surface area contributed by atoms with Gasteiger partial charge in [0, 0.05) is 55.8 Å². The topological polar surface area (TPSA) is 84.3 Å². The number of ether oxygens (including phenoxy) is 1. The van der Waals surface area contributed by atoms with E-state index in [1.807, 2.05) is 35.2 Å². The van der Waals surface area contributed by atoms with Crippen molar-refractivity contribution in [1.29, 1.82) is 0 Å². The Hall–Kier alpha value is -3.55. The second-order valence-electron chi connectivity index (χ2n) is 6.38. The van der Waals surface area contributed by atoms with Gasteiger partial charge in [0.15, 0.2) is 0 Å². The Balaban J connectivity index is 1.45. The van der Waals surface area contributed by atoms with E-state index < -0.39 is 0 Å². The number of carbonyl (C=O) groups excluding carboxylic acids is 1. The lowest BCUT2D eigenvalue weighted by atomic mass is 10.1. The highest BCUT2D eigenvalue weighted by Crippen LogP contribution is 2.21. The van der Waals surface area contributed by atoms with Crippen LogP contribution in [-0.2, 0) is 0 Å². The van der Waals surface area contributed by atoms with Gasteiger partial charge in [-0.25, -0.2) is 4.98 Å². The number of aromatic nitrogens is 4. The number of anilines is 1. The maximum absolute atomic E-state index is 13.0. The maximum Gasteiger partial charge on any atom is 0.253 e. The third-order valence-electron chi connectivity index (χ3n) is 4.69. The Morgan fingerprint density at radius 3 is 2.57 bits per heavy atom. The highest BCUT2D eigenvalue weighted by Gasteiger charge is 2.23. The second-order valence-corrected chi connectivity index (χ2v) is 6.38. The van der Waals surface area contributed by atoms with E-state index >= 15 is 0 Å². The first-order chi connectivity index (χ1) is 13.7. The van der Waals surface area contributed by atoms with Crippen LogP contribution in [0.25, 0.3) is 11.3 Å². The van der Waals surface area contributed by atoms with Crippen LogP contribution in [0, 0.1) is 0 Å². The van der Waals surface area contributed by atoms with E-state index in [1.165, 1.54) is 0 Å². The molecule has 28 heavy (non-hydrogen) atoms. The van der Waals surface area contributed by atoms with Crippen molar-refractivity contribution >= 4 is 11.7 Å². The summed E-state index contributed by atoms with van der Waals surface area (Å²) in [7, 11) is 1.55. The van der Waals surface area contributed by atoms with Crippen LogP contribution in [0.4, 0.5) is 5.82 Å². The lowest BCUT2D eigenvalue weighted by Crippen LogP contribution is -2.49. The number of hydrogen-bond acceptors (Lipinski definition) is 7. The lowest BCUT2D eigenvalue weighted by Gasteiger charge is -2.35. The van der Waals surface area contributed by atoms with Gasteiger partial charge in [0.05, 0.1) is 19.0 Å². The van der Waals surface area contributed by atoms with Gasteiger partial charge >= 0.3 is 0 Å². The summed E-state index contributed by atoms with van der Waals surface area (Å²) in [5.41, 5.74) is 2.19. The number of benzene rings is 1. The van der Waals surface area contributed by atoms with Crippen molar-refractivity contribution < 1.29 is 9.53 Å². The highest BCUT2D eigenvalue weighted by atomic mass is 16.5. The summed E-state index contributed by atoms with van der Waals surface area (Å²) in [6.07, 6.45) is 5.08. The zero-order chi connectivity index (χ0) is 19.3. The van der Waals surface area contributed by atoms with Crippen LogP contribution in [0.2, 0.25) is 0 Å². The molecule has 1 aliphatic rings. The SMILES string of the molecule is COc1ccc(-c2cccc(C(=O)N3CCN(c4cnccn4)CC3)c2)nn1. The molecule has 0 radical (unpaired) electrons. The van der Waals surface area contributed by atoms with Gasteiger partial charge in [-0.15, -0.1) is 10.2 Å². The largest absolute Gasteiger partial charge is 0.480 e. The molecule has 1 aromatic carbocycles. The molecule has 1 fully saturated rings. The molecular weight excluding hydrogens is 356 g/mol. The molecule has 0 aliphatic carbocycles. The fourth-order valence-corrected chi connectivity index (χ4v) is 3.17. The van der Waals surface area contributed by atoms with E-state index in [0.717, 1.165) is 24.5 Å². The minimum Gasteiger partial charge on any atom is -0.480 e. The average Bonchev–Trinajstić information content (AvgIpc) is 2.79. The molecule has 0 bridgehead atoms. The predicted molar refractivity (Wildman–Crippen MR) is 104 cm³/mol. The van der Waals surface area contributed by atoms with Crippen LogP contribution >= 0.6 is 0 Å². The molecule has 2 aromatic heterocycles. The summed E-state index contributed by atoms with van der Waals surface area (Å²) < 4.78 is 5.04. The van der Waals surface area contributed by atoms with E-state index in [9.17, 15) is 4.79 Å². The molecule has 1 aliphatic heterocycles. The molecule has 8 nitrogen and oxygen atoms in total. The Morgan fingerprint density at radius 2 is 1.89 bits per heavy atom. The van der Waals surface area contributed by atoms with Crippen molar-refractivity contribution in [3.8, 4) is 17.1 Å².